The molecule has 1 aliphatic rings. The summed E-state index contributed by atoms with van der Waals surface area (Å²) in [4.78, 5) is 8.62. The number of nitrogens with two attached hydrogens (primary N) is 1. The maximum Gasteiger partial charge on any atom is 0.141 e. The van der Waals surface area contributed by atoms with Crippen LogP contribution in [0.4, 0.5) is 15.9 Å². The van der Waals surface area contributed by atoms with Gasteiger partial charge in [-0.3, -0.25) is 0 Å². The van der Waals surface area contributed by atoms with Gasteiger partial charge in [-0.2, -0.15) is 0 Å². The predicted molar refractivity (Wildman–Crippen MR) is 105 cm³/mol. The molecule has 3 N–H and O–H groups in total. The number of aromatic nitrogens is 2. The Hall–Kier alpha value is -2.44. The van der Waals surface area contributed by atoms with Crippen LogP contribution in [-0.4, -0.2) is 22.1 Å². The molecule has 1 fully saturated rings. The second-order valence-corrected chi connectivity index (χ2v) is 7.22. The van der Waals surface area contributed by atoms with Gasteiger partial charge >= 0.3 is 0 Å². The normalized spacial score (nSPS) is 19.8. The second-order valence-electron chi connectivity index (χ2n) is 6.81. The molecule has 0 bridgehead atoms. The third-order valence-electron chi connectivity index (χ3n) is 4.81. The molecule has 27 heavy (non-hydrogen) atoms. The average molecular weight is 387 g/mol. The molecule has 1 heterocycles. The SMILES string of the molecule is N[C@H]1CC[C@H](Oc2ccc3ncnc(Nc4ccc(F)c(Cl)c4)c3c2)CC1. The van der Waals surface area contributed by atoms with E-state index in [0.29, 0.717) is 11.5 Å². The van der Waals surface area contributed by atoms with E-state index in [1.54, 1.807) is 6.07 Å². The lowest BCUT2D eigenvalue weighted by Crippen LogP contribution is -2.31. The fourth-order valence-corrected chi connectivity index (χ4v) is 3.50. The highest BCUT2D eigenvalue weighted by Gasteiger charge is 2.20. The zero-order valence-electron chi connectivity index (χ0n) is 14.7. The minimum absolute atomic E-state index is 0.0536. The van der Waals surface area contributed by atoms with Crippen molar-refractivity contribution in [2.75, 3.05) is 5.32 Å². The molecule has 1 saturated carbocycles. The van der Waals surface area contributed by atoms with Crippen LogP contribution in [0.15, 0.2) is 42.7 Å². The number of rotatable bonds is 4. The van der Waals surface area contributed by atoms with Crippen LogP contribution in [0.3, 0.4) is 0 Å². The Bertz CT molecular complexity index is 960. The van der Waals surface area contributed by atoms with Crippen molar-refractivity contribution in [1.82, 2.24) is 9.97 Å². The van der Waals surface area contributed by atoms with Gasteiger partial charge in [0, 0.05) is 17.1 Å². The van der Waals surface area contributed by atoms with E-state index in [9.17, 15) is 4.39 Å². The van der Waals surface area contributed by atoms with Crippen LogP contribution in [-0.2, 0) is 0 Å². The Kier molecular flexibility index (Phi) is 5.09. The van der Waals surface area contributed by atoms with E-state index < -0.39 is 5.82 Å². The molecule has 0 atom stereocenters. The maximum atomic E-state index is 13.4. The molecule has 0 saturated heterocycles. The van der Waals surface area contributed by atoms with E-state index in [1.165, 1.54) is 18.5 Å². The van der Waals surface area contributed by atoms with E-state index in [4.69, 9.17) is 22.1 Å². The smallest absolute Gasteiger partial charge is 0.141 e. The Morgan fingerprint density at radius 1 is 1.07 bits per heavy atom. The van der Waals surface area contributed by atoms with Gasteiger partial charge in [0.2, 0.25) is 0 Å². The summed E-state index contributed by atoms with van der Waals surface area (Å²) >= 11 is 5.87. The zero-order chi connectivity index (χ0) is 18.8. The van der Waals surface area contributed by atoms with Crippen molar-refractivity contribution in [3.05, 3.63) is 53.6 Å². The summed E-state index contributed by atoms with van der Waals surface area (Å²) in [7, 11) is 0. The van der Waals surface area contributed by atoms with E-state index in [1.807, 2.05) is 18.2 Å². The fourth-order valence-electron chi connectivity index (χ4n) is 3.32. The second kappa shape index (κ2) is 7.66. The van der Waals surface area contributed by atoms with Crippen molar-refractivity contribution in [2.24, 2.45) is 5.73 Å². The van der Waals surface area contributed by atoms with Gasteiger partial charge in [-0.1, -0.05) is 11.6 Å². The van der Waals surface area contributed by atoms with Crippen LogP contribution in [0.2, 0.25) is 5.02 Å². The predicted octanol–water partition coefficient (Wildman–Crippen LogP) is 4.81. The lowest BCUT2D eigenvalue weighted by atomic mass is 9.94. The van der Waals surface area contributed by atoms with Crippen LogP contribution < -0.4 is 15.8 Å². The van der Waals surface area contributed by atoms with Crippen molar-refractivity contribution >= 4 is 34.0 Å². The molecule has 0 radical (unpaired) electrons. The van der Waals surface area contributed by atoms with Crippen LogP contribution >= 0.6 is 11.6 Å². The van der Waals surface area contributed by atoms with Gasteiger partial charge in [0.1, 0.15) is 23.7 Å². The summed E-state index contributed by atoms with van der Waals surface area (Å²) in [5, 5.41) is 4.05. The highest BCUT2D eigenvalue weighted by molar-refractivity contribution is 6.31. The first-order valence-electron chi connectivity index (χ1n) is 8.97. The lowest BCUT2D eigenvalue weighted by molar-refractivity contribution is 0.147. The van der Waals surface area contributed by atoms with Gasteiger partial charge in [-0.15, -0.1) is 0 Å². The molecule has 0 unspecified atom stereocenters. The van der Waals surface area contributed by atoms with Gasteiger partial charge in [0.25, 0.3) is 0 Å². The summed E-state index contributed by atoms with van der Waals surface area (Å²) in [5.74, 6) is 0.925. The number of ether oxygens (including phenoxy) is 1. The highest BCUT2D eigenvalue weighted by Crippen LogP contribution is 2.30. The van der Waals surface area contributed by atoms with Gasteiger partial charge in [-0.25, -0.2) is 14.4 Å². The van der Waals surface area contributed by atoms with Gasteiger partial charge in [0.05, 0.1) is 16.6 Å². The molecule has 5 nitrogen and oxygen atoms in total. The standard InChI is InChI=1S/C20H20ClFN4O/c21-17-9-13(3-7-18(17)22)26-20-16-10-15(6-8-19(16)24-11-25-20)27-14-4-1-12(23)2-5-14/h3,6-12,14H,1-2,4-5,23H2,(H,24,25,26)/t12-,14-. The maximum absolute atomic E-state index is 13.4. The third kappa shape index (κ3) is 4.12. The van der Waals surface area contributed by atoms with Crippen molar-refractivity contribution in [2.45, 2.75) is 37.8 Å². The Morgan fingerprint density at radius 3 is 2.67 bits per heavy atom. The van der Waals surface area contributed by atoms with E-state index in [-0.39, 0.29) is 17.2 Å². The first kappa shape index (κ1) is 17.9. The zero-order valence-corrected chi connectivity index (χ0v) is 15.4. The molecule has 1 aliphatic carbocycles. The minimum Gasteiger partial charge on any atom is -0.490 e. The third-order valence-corrected chi connectivity index (χ3v) is 5.10. The van der Waals surface area contributed by atoms with Gasteiger partial charge in [0.15, 0.2) is 0 Å². The molecule has 2 aromatic carbocycles. The number of hydrogen-bond donors (Lipinski definition) is 2. The van der Waals surface area contributed by atoms with E-state index in [2.05, 4.69) is 15.3 Å². The Labute approximate surface area is 161 Å². The number of halogens is 2. The summed E-state index contributed by atoms with van der Waals surface area (Å²) in [6.45, 7) is 0. The number of anilines is 2. The molecule has 0 spiro atoms. The van der Waals surface area contributed by atoms with Crippen molar-refractivity contribution in [3.8, 4) is 5.75 Å². The van der Waals surface area contributed by atoms with E-state index >= 15 is 0 Å². The summed E-state index contributed by atoms with van der Waals surface area (Å²) in [6.07, 6.45) is 5.56. The number of nitrogens with zero attached hydrogens (tertiary/aromatic N) is 2. The highest BCUT2D eigenvalue weighted by atomic mass is 35.5. The Morgan fingerprint density at radius 2 is 1.89 bits per heavy atom. The molecule has 1 aromatic heterocycles. The quantitative estimate of drug-likeness (QED) is 0.672. The van der Waals surface area contributed by atoms with Crippen molar-refractivity contribution < 1.29 is 9.13 Å². The largest absolute Gasteiger partial charge is 0.490 e. The topological polar surface area (TPSA) is 73.1 Å². The van der Waals surface area contributed by atoms with Crippen LogP contribution in [0, 0.1) is 5.82 Å². The molecule has 3 aromatic rings. The minimum atomic E-state index is -0.461. The number of nitrogens with one attached hydrogen (secondary N) is 1. The summed E-state index contributed by atoms with van der Waals surface area (Å²) < 4.78 is 19.5. The van der Waals surface area contributed by atoms with Crippen LogP contribution in [0.25, 0.3) is 10.9 Å². The Balaban J connectivity index is 1.60. The number of fused-ring (bicyclic) bond motifs is 1. The molecule has 140 valence electrons. The first-order chi connectivity index (χ1) is 13.1. The number of hydrogen-bond acceptors (Lipinski definition) is 5. The molecule has 0 aliphatic heterocycles. The molecule has 7 heteroatoms. The van der Waals surface area contributed by atoms with Gasteiger partial charge in [-0.05, 0) is 62.1 Å². The molecule has 0 amide bonds. The van der Waals surface area contributed by atoms with E-state index in [0.717, 1.165) is 42.3 Å². The number of benzene rings is 2. The summed E-state index contributed by atoms with van der Waals surface area (Å²) in [5.41, 5.74) is 7.40. The molecule has 4 rings (SSSR count). The van der Waals surface area contributed by atoms with Crippen molar-refractivity contribution in [3.63, 3.8) is 0 Å². The average Bonchev–Trinajstić information content (AvgIpc) is 2.67. The monoisotopic (exact) mass is 386 g/mol. The summed E-state index contributed by atoms with van der Waals surface area (Å²) in [6, 6.07) is 10.5. The molecular formula is C20H20ClFN4O. The van der Waals surface area contributed by atoms with Crippen LogP contribution in [0.1, 0.15) is 25.7 Å². The fraction of sp³-hybridized carbons (Fsp3) is 0.300. The first-order valence-corrected chi connectivity index (χ1v) is 9.35. The van der Waals surface area contributed by atoms with Gasteiger partial charge < -0.3 is 15.8 Å². The van der Waals surface area contributed by atoms with Crippen LogP contribution in [0.5, 0.6) is 5.75 Å². The lowest BCUT2D eigenvalue weighted by Gasteiger charge is -2.26. The molecular weight excluding hydrogens is 367 g/mol. The van der Waals surface area contributed by atoms with Crippen molar-refractivity contribution in [1.29, 1.82) is 0 Å².